The molecule has 0 radical (unpaired) electrons. The fraction of sp³-hybridized carbons (Fsp3) is 0.560. The minimum atomic E-state index is -1.53. The number of carbonyl (C=O) groups is 3. The van der Waals surface area contributed by atoms with Crippen LogP contribution in [0.5, 0.6) is 0 Å². The van der Waals surface area contributed by atoms with Crippen LogP contribution in [-0.4, -0.2) is 87.4 Å². The van der Waals surface area contributed by atoms with E-state index in [4.69, 9.17) is 18.9 Å². The van der Waals surface area contributed by atoms with Gasteiger partial charge in [-0.2, -0.15) is 0 Å². The Bertz CT molecular complexity index is 2280. The minimum Gasteiger partial charge on any atom is -0.477 e. The second-order valence-corrected chi connectivity index (χ2v) is 24.4. The molecule has 0 aliphatic heterocycles. The molecule has 0 amide bonds. The summed E-state index contributed by atoms with van der Waals surface area (Å²) >= 11 is 0. The number of likely N-dealkylation sites (N-methyl/N-ethyl adjacent to an activating group) is 1. The standard InChI is InChI=1S/C84H131NO8/c1-6-8-10-12-14-16-18-20-22-24-26-28-30-32-34-35-36-37-38-39-40-41-42-43-44-45-46-47-49-51-53-55-57-59-61-63-65-67-69-71-73-75-82(87)93-80(79-92-84(83(88)89)90-77-76-85(3,4)5)78-91-81(86)74-72-70-68-66-64-62-60-58-56-54-52-50-48-33-31-29-27-25-23-21-19-17-15-13-11-9-7-2/h8-11,14-17,20-23,26-29,32-34,36-37,39-40,42-43,45-46,48,52,54,58,60,64,66,80,84H,6-7,12-13,18-19,24-25,30-31,35,38,41,44,47,49-51,53,55-57,59,61-63,65,67-79H2,1-5H3/p+1/b10-8-,11-9-,16-14-,17-15-,22-20-,23-21-,28-26-,29-27-,34-32-,37-36-,40-39-,43-42-,46-45-,48-33-,54-52-,60-58-,66-64-. The van der Waals surface area contributed by atoms with Crippen molar-refractivity contribution in [3.05, 3.63) is 207 Å². The number of aliphatic carboxylic acids is 1. The number of carbonyl (C=O) groups excluding carboxylic acids is 2. The highest BCUT2D eigenvalue weighted by molar-refractivity contribution is 5.71. The molecule has 0 spiro atoms. The Morgan fingerprint density at radius 3 is 0.882 bits per heavy atom. The normalized spacial score (nSPS) is 13.9. The highest BCUT2D eigenvalue weighted by atomic mass is 16.7. The molecule has 0 fully saturated rings. The van der Waals surface area contributed by atoms with Crippen LogP contribution < -0.4 is 0 Å². The van der Waals surface area contributed by atoms with Crippen LogP contribution in [0.25, 0.3) is 0 Å². The third kappa shape index (κ3) is 73.1. The number of esters is 2. The van der Waals surface area contributed by atoms with Crippen LogP contribution >= 0.6 is 0 Å². The molecular formula is C84H132NO8+. The Labute approximate surface area is 569 Å². The van der Waals surface area contributed by atoms with Gasteiger partial charge >= 0.3 is 17.9 Å². The largest absolute Gasteiger partial charge is 0.477 e. The molecule has 520 valence electrons. The maximum atomic E-state index is 13.0. The van der Waals surface area contributed by atoms with E-state index in [-0.39, 0.29) is 32.7 Å². The summed E-state index contributed by atoms with van der Waals surface area (Å²) in [5.74, 6) is -2.09. The molecule has 2 unspecified atom stereocenters. The first-order chi connectivity index (χ1) is 45.6. The molecule has 93 heavy (non-hydrogen) atoms. The molecule has 9 nitrogen and oxygen atoms in total. The third-order valence-electron chi connectivity index (χ3n) is 14.5. The van der Waals surface area contributed by atoms with Crippen molar-refractivity contribution in [1.29, 1.82) is 0 Å². The van der Waals surface area contributed by atoms with Gasteiger partial charge < -0.3 is 28.5 Å². The zero-order chi connectivity index (χ0) is 67.5. The Balaban J connectivity index is 4.21. The topological polar surface area (TPSA) is 108 Å². The van der Waals surface area contributed by atoms with Gasteiger partial charge in [0.05, 0.1) is 34.4 Å². The molecule has 0 saturated heterocycles. The lowest BCUT2D eigenvalue weighted by Gasteiger charge is -2.25. The molecule has 2 atom stereocenters. The van der Waals surface area contributed by atoms with E-state index in [9.17, 15) is 19.5 Å². The van der Waals surface area contributed by atoms with Crippen LogP contribution in [0.1, 0.15) is 245 Å². The number of carboxylic acid groups (broad SMARTS) is 1. The molecule has 0 aliphatic carbocycles. The fourth-order valence-electron chi connectivity index (χ4n) is 9.08. The summed E-state index contributed by atoms with van der Waals surface area (Å²) in [5.41, 5.74) is 0. The lowest BCUT2D eigenvalue weighted by molar-refractivity contribution is -0.870. The Kier molecular flexibility index (Phi) is 67.0. The molecule has 0 heterocycles. The van der Waals surface area contributed by atoms with Crippen molar-refractivity contribution in [2.24, 2.45) is 0 Å². The van der Waals surface area contributed by atoms with E-state index in [1.165, 1.54) is 64.2 Å². The SMILES string of the molecule is CC/C=C\C/C=C\C/C=C\C/C=C\C/C=C\C/C=C\C/C=C\C/C=C\C/C=C\CCCCCCCCCCCCCCCC(=O)OC(COC(=O)CCCC/C=C\C/C=C\C/C=C\C/C=C\C/C=C\C/C=C\C/C=C\C/C=C\CC)COC(OCC[N+](C)(C)C)C(=O)O. The average molecular weight is 1280 g/mol. The first-order valence-corrected chi connectivity index (χ1v) is 36.2. The molecule has 0 aromatic heterocycles. The van der Waals surface area contributed by atoms with Crippen LogP contribution in [0.2, 0.25) is 0 Å². The number of nitrogens with zero attached hydrogens (tertiary/aromatic N) is 1. The lowest BCUT2D eigenvalue weighted by Crippen LogP contribution is -2.40. The van der Waals surface area contributed by atoms with E-state index in [2.05, 4.69) is 220 Å². The minimum absolute atomic E-state index is 0.169. The highest BCUT2D eigenvalue weighted by Crippen LogP contribution is 2.15. The van der Waals surface area contributed by atoms with Crippen LogP contribution in [0.3, 0.4) is 0 Å². The molecule has 0 bridgehead atoms. The van der Waals surface area contributed by atoms with Gasteiger partial charge in [0.25, 0.3) is 6.29 Å². The molecule has 0 aromatic carbocycles. The van der Waals surface area contributed by atoms with Gasteiger partial charge in [0.2, 0.25) is 0 Å². The summed E-state index contributed by atoms with van der Waals surface area (Å²) in [5, 5.41) is 9.75. The quantitative estimate of drug-likeness (QED) is 0.0211. The van der Waals surface area contributed by atoms with Gasteiger partial charge in [-0.3, -0.25) is 9.59 Å². The summed E-state index contributed by atoms with van der Waals surface area (Å²) in [6.45, 7) is 4.57. The number of carboxylic acids is 1. The Morgan fingerprint density at radius 1 is 0.323 bits per heavy atom. The number of hydrogen-bond acceptors (Lipinski definition) is 7. The molecule has 0 aliphatic rings. The number of quaternary nitrogens is 1. The zero-order valence-corrected chi connectivity index (χ0v) is 59.3. The molecule has 1 N–H and O–H groups in total. The van der Waals surface area contributed by atoms with E-state index >= 15 is 0 Å². The van der Waals surface area contributed by atoms with E-state index < -0.39 is 30.3 Å². The monoisotopic (exact) mass is 1280 g/mol. The van der Waals surface area contributed by atoms with Gasteiger partial charge in [-0.25, -0.2) is 4.79 Å². The number of hydrogen-bond donors (Lipinski definition) is 1. The van der Waals surface area contributed by atoms with Crippen LogP contribution in [0, 0.1) is 0 Å². The van der Waals surface area contributed by atoms with E-state index in [0.29, 0.717) is 23.9 Å². The van der Waals surface area contributed by atoms with Crippen molar-refractivity contribution in [1.82, 2.24) is 0 Å². The summed E-state index contributed by atoms with van der Waals surface area (Å²) in [4.78, 5) is 37.6. The first-order valence-electron chi connectivity index (χ1n) is 36.2. The predicted molar refractivity (Wildman–Crippen MR) is 400 cm³/mol. The van der Waals surface area contributed by atoms with Crippen molar-refractivity contribution in [3.8, 4) is 0 Å². The fourth-order valence-corrected chi connectivity index (χ4v) is 9.08. The lowest BCUT2D eigenvalue weighted by atomic mass is 10.0. The molecule has 9 heteroatoms. The van der Waals surface area contributed by atoms with E-state index in [1.807, 2.05) is 21.1 Å². The number of ether oxygens (including phenoxy) is 4. The smallest absolute Gasteiger partial charge is 0.361 e. The molecule has 0 rings (SSSR count). The predicted octanol–water partition coefficient (Wildman–Crippen LogP) is 23.1. The second-order valence-electron chi connectivity index (χ2n) is 24.4. The highest BCUT2D eigenvalue weighted by Gasteiger charge is 2.25. The van der Waals surface area contributed by atoms with E-state index in [0.717, 1.165) is 141 Å². The average Bonchev–Trinajstić information content (AvgIpc) is 3.38. The van der Waals surface area contributed by atoms with Crippen molar-refractivity contribution < 1.29 is 42.9 Å². The maximum Gasteiger partial charge on any atom is 0.361 e. The summed E-state index contributed by atoms with van der Waals surface area (Å²) in [7, 11) is 5.95. The van der Waals surface area contributed by atoms with Crippen molar-refractivity contribution >= 4 is 17.9 Å². The van der Waals surface area contributed by atoms with Gasteiger partial charge in [-0.1, -0.05) is 291 Å². The van der Waals surface area contributed by atoms with Crippen molar-refractivity contribution in [3.63, 3.8) is 0 Å². The number of unbranched alkanes of at least 4 members (excludes halogenated alkanes) is 15. The first kappa shape index (κ1) is 86.9. The van der Waals surface area contributed by atoms with Gasteiger partial charge in [-0.05, 0) is 148 Å². The number of rotatable bonds is 64. The number of allylic oxidation sites excluding steroid dienone is 34. The van der Waals surface area contributed by atoms with Crippen LogP contribution in [-0.2, 0) is 33.3 Å². The molecule has 0 saturated carbocycles. The van der Waals surface area contributed by atoms with Crippen molar-refractivity contribution in [2.75, 3.05) is 47.5 Å². The summed E-state index contributed by atoms with van der Waals surface area (Å²) in [6, 6.07) is 0. The summed E-state index contributed by atoms with van der Waals surface area (Å²) in [6.07, 6.45) is 109. The molecule has 0 aromatic rings. The van der Waals surface area contributed by atoms with Crippen LogP contribution in [0.15, 0.2) is 207 Å². The van der Waals surface area contributed by atoms with Crippen LogP contribution in [0.4, 0.5) is 0 Å². The van der Waals surface area contributed by atoms with Gasteiger partial charge in [0.15, 0.2) is 6.10 Å². The van der Waals surface area contributed by atoms with Gasteiger partial charge in [0.1, 0.15) is 13.2 Å². The Morgan fingerprint density at radius 2 is 0.581 bits per heavy atom. The maximum absolute atomic E-state index is 13.0. The molecular weight excluding hydrogens is 1150 g/mol. The Hall–Kier alpha value is -6.13. The summed E-state index contributed by atoms with van der Waals surface area (Å²) < 4.78 is 22.9. The van der Waals surface area contributed by atoms with Crippen molar-refractivity contribution in [2.45, 2.75) is 257 Å². The van der Waals surface area contributed by atoms with Gasteiger partial charge in [0, 0.05) is 12.8 Å². The van der Waals surface area contributed by atoms with Gasteiger partial charge in [-0.15, -0.1) is 0 Å². The second kappa shape index (κ2) is 71.7. The third-order valence-corrected chi connectivity index (χ3v) is 14.5. The van der Waals surface area contributed by atoms with E-state index in [1.54, 1.807) is 0 Å². The zero-order valence-electron chi connectivity index (χ0n) is 59.3.